The topological polar surface area (TPSA) is 48.2 Å². The number of rotatable bonds is 4. The fourth-order valence-electron chi connectivity index (χ4n) is 1.91. The second-order valence-electron chi connectivity index (χ2n) is 4.65. The van der Waals surface area contributed by atoms with Gasteiger partial charge >= 0.3 is 0 Å². The van der Waals surface area contributed by atoms with Crippen LogP contribution in [0.25, 0.3) is 11.5 Å². The van der Waals surface area contributed by atoms with Crippen LogP contribution in [0, 0.1) is 5.82 Å². The van der Waals surface area contributed by atoms with Gasteiger partial charge in [0.25, 0.3) is 5.89 Å². The molecule has 0 spiro atoms. The Kier molecular flexibility index (Phi) is 4.20. The van der Waals surface area contributed by atoms with Crippen LogP contribution in [0.5, 0.6) is 5.75 Å². The maximum absolute atomic E-state index is 13.8. The Hall–Kier alpha value is -2.21. The standard InChI is InChI=1S/C16H12BrFN2O2/c1-10(21-14-8-7-12(17)9-13(14)18)15-19-20-16(22-15)11-5-3-2-4-6-11/h2-10H,1H3. The molecule has 22 heavy (non-hydrogen) atoms. The van der Waals surface area contributed by atoms with Crippen molar-refractivity contribution in [1.29, 1.82) is 0 Å². The summed E-state index contributed by atoms with van der Waals surface area (Å²) in [5.41, 5.74) is 0.822. The molecule has 0 amide bonds. The van der Waals surface area contributed by atoms with E-state index < -0.39 is 11.9 Å². The van der Waals surface area contributed by atoms with Crippen molar-refractivity contribution in [3.63, 3.8) is 0 Å². The van der Waals surface area contributed by atoms with Gasteiger partial charge in [0.15, 0.2) is 17.7 Å². The van der Waals surface area contributed by atoms with Crippen LogP contribution < -0.4 is 4.74 Å². The summed E-state index contributed by atoms with van der Waals surface area (Å²) in [5.74, 6) is 0.377. The van der Waals surface area contributed by atoms with Gasteiger partial charge in [-0.2, -0.15) is 0 Å². The molecule has 1 atom stereocenters. The van der Waals surface area contributed by atoms with Gasteiger partial charge in [-0.05, 0) is 37.3 Å². The highest BCUT2D eigenvalue weighted by molar-refractivity contribution is 9.10. The van der Waals surface area contributed by atoms with Gasteiger partial charge in [0, 0.05) is 10.0 Å². The molecular weight excluding hydrogens is 351 g/mol. The number of nitrogens with zero attached hydrogens (tertiary/aromatic N) is 2. The molecule has 0 N–H and O–H groups in total. The summed E-state index contributed by atoms with van der Waals surface area (Å²) in [4.78, 5) is 0. The number of hydrogen-bond donors (Lipinski definition) is 0. The van der Waals surface area contributed by atoms with Crippen LogP contribution in [0.4, 0.5) is 4.39 Å². The average molecular weight is 363 g/mol. The van der Waals surface area contributed by atoms with E-state index in [2.05, 4.69) is 26.1 Å². The van der Waals surface area contributed by atoms with E-state index in [0.29, 0.717) is 16.3 Å². The maximum atomic E-state index is 13.8. The second kappa shape index (κ2) is 6.27. The van der Waals surface area contributed by atoms with Gasteiger partial charge < -0.3 is 9.15 Å². The molecule has 0 bridgehead atoms. The van der Waals surface area contributed by atoms with Gasteiger partial charge in [0.2, 0.25) is 5.89 Å². The van der Waals surface area contributed by atoms with Gasteiger partial charge in [-0.1, -0.05) is 34.1 Å². The molecule has 0 aliphatic heterocycles. The quantitative estimate of drug-likeness (QED) is 0.670. The molecule has 0 fully saturated rings. The smallest absolute Gasteiger partial charge is 0.257 e. The summed E-state index contributed by atoms with van der Waals surface area (Å²) in [7, 11) is 0. The van der Waals surface area contributed by atoms with Crippen molar-refractivity contribution >= 4 is 15.9 Å². The van der Waals surface area contributed by atoms with Crippen LogP contribution in [0.1, 0.15) is 18.9 Å². The molecule has 3 aromatic rings. The highest BCUT2D eigenvalue weighted by Gasteiger charge is 2.18. The molecular formula is C16H12BrFN2O2. The Morgan fingerprint density at radius 2 is 1.91 bits per heavy atom. The Balaban J connectivity index is 1.78. The number of ether oxygens (including phenoxy) is 1. The van der Waals surface area contributed by atoms with Crippen molar-refractivity contribution in [3.8, 4) is 17.2 Å². The summed E-state index contributed by atoms with van der Waals surface area (Å²) in [6, 6.07) is 14.0. The van der Waals surface area contributed by atoms with Crippen LogP contribution in [-0.4, -0.2) is 10.2 Å². The van der Waals surface area contributed by atoms with E-state index in [1.807, 2.05) is 30.3 Å². The van der Waals surface area contributed by atoms with E-state index in [1.54, 1.807) is 19.1 Å². The largest absolute Gasteiger partial charge is 0.478 e. The van der Waals surface area contributed by atoms with E-state index in [4.69, 9.17) is 9.15 Å². The first-order chi connectivity index (χ1) is 10.6. The number of benzene rings is 2. The third kappa shape index (κ3) is 3.17. The fourth-order valence-corrected chi connectivity index (χ4v) is 2.24. The number of aromatic nitrogens is 2. The molecule has 1 heterocycles. The lowest BCUT2D eigenvalue weighted by Crippen LogP contribution is -2.04. The zero-order chi connectivity index (χ0) is 15.5. The molecule has 6 heteroatoms. The molecule has 0 aliphatic rings. The first kappa shape index (κ1) is 14.7. The number of halogens is 2. The Labute approximate surface area is 135 Å². The first-order valence-corrected chi connectivity index (χ1v) is 7.43. The van der Waals surface area contributed by atoms with Crippen molar-refractivity contribution in [2.24, 2.45) is 0 Å². The van der Waals surface area contributed by atoms with Crippen LogP contribution in [0.3, 0.4) is 0 Å². The maximum Gasteiger partial charge on any atom is 0.257 e. The first-order valence-electron chi connectivity index (χ1n) is 6.64. The van der Waals surface area contributed by atoms with Crippen molar-refractivity contribution in [2.75, 3.05) is 0 Å². The zero-order valence-electron chi connectivity index (χ0n) is 11.7. The Morgan fingerprint density at radius 1 is 1.14 bits per heavy atom. The third-order valence-corrected chi connectivity index (χ3v) is 3.50. The molecule has 0 radical (unpaired) electrons. The number of hydrogen-bond acceptors (Lipinski definition) is 4. The molecule has 1 aromatic heterocycles. The van der Waals surface area contributed by atoms with Crippen molar-refractivity contribution in [1.82, 2.24) is 10.2 Å². The van der Waals surface area contributed by atoms with Gasteiger partial charge in [-0.15, -0.1) is 10.2 Å². The highest BCUT2D eigenvalue weighted by Crippen LogP contribution is 2.27. The summed E-state index contributed by atoms with van der Waals surface area (Å²) < 4.78 is 25.6. The lowest BCUT2D eigenvalue weighted by molar-refractivity contribution is 0.181. The van der Waals surface area contributed by atoms with Crippen LogP contribution in [0.2, 0.25) is 0 Å². The zero-order valence-corrected chi connectivity index (χ0v) is 13.2. The van der Waals surface area contributed by atoms with E-state index in [0.717, 1.165) is 5.56 Å². The monoisotopic (exact) mass is 362 g/mol. The predicted molar refractivity (Wildman–Crippen MR) is 82.9 cm³/mol. The van der Waals surface area contributed by atoms with Gasteiger partial charge in [0.05, 0.1) is 0 Å². The lowest BCUT2D eigenvalue weighted by Gasteiger charge is -2.11. The average Bonchev–Trinajstić information content (AvgIpc) is 3.01. The molecule has 1 unspecified atom stereocenters. The van der Waals surface area contributed by atoms with Crippen LogP contribution >= 0.6 is 15.9 Å². The summed E-state index contributed by atoms with van der Waals surface area (Å²) in [6.45, 7) is 1.73. The van der Waals surface area contributed by atoms with E-state index in [1.165, 1.54) is 6.07 Å². The van der Waals surface area contributed by atoms with Crippen molar-refractivity contribution in [3.05, 3.63) is 64.7 Å². The van der Waals surface area contributed by atoms with Crippen molar-refractivity contribution in [2.45, 2.75) is 13.0 Å². The van der Waals surface area contributed by atoms with E-state index >= 15 is 0 Å². The summed E-state index contributed by atoms with van der Waals surface area (Å²) >= 11 is 3.20. The second-order valence-corrected chi connectivity index (χ2v) is 5.56. The van der Waals surface area contributed by atoms with Gasteiger partial charge in [-0.3, -0.25) is 0 Å². The van der Waals surface area contributed by atoms with E-state index in [9.17, 15) is 4.39 Å². The molecule has 2 aromatic carbocycles. The Bertz CT molecular complexity index is 777. The molecule has 3 rings (SSSR count). The Morgan fingerprint density at radius 3 is 2.64 bits per heavy atom. The lowest BCUT2D eigenvalue weighted by atomic mass is 10.2. The molecule has 0 saturated heterocycles. The van der Waals surface area contributed by atoms with Crippen molar-refractivity contribution < 1.29 is 13.5 Å². The SMILES string of the molecule is CC(Oc1ccc(Br)cc1F)c1nnc(-c2ccccc2)o1. The minimum absolute atomic E-state index is 0.134. The summed E-state index contributed by atoms with van der Waals surface area (Å²) in [5, 5.41) is 7.95. The molecule has 112 valence electrons. The van der Waals surface area contributed by atoms with Gasteiger partial charge in [0.1, 0.15) is 0 Å². The minimum atomic E-state index is -0.555. The third-order valence-electron chi connectivity index (χ3n) is 3.01. The summed E-state index contributed by atoms with van der Waals surface area (Å²) in [6.07, 6.45) is -0.555. The predicted octanol–water partition coefficient (Wildman–Crippen LogP) is 4.78. The van der Waals surface area contributed by atoms with Crippen LogP contribution in [-0.2, 0) is 0 Å². The molecule has 4 nitrogen and oxygen atoms in total. The van der Waals surface area contributed by atoms with Crippen LogP contribution in [0.15, 0.2) is 57.4 Å². The van der Waals surface area contributed by atoms with E-state index in [-0.39, 0.29) is 5.75 Å². The fraction of sp³-hybridized carbons (Fsp3) is 0.125. The van der Waals surface area contributed by atoms with Gasteiger partial charge in [-0.25, -0.2) is 4.39 Å². The molecule has 0 saturated carbocycles. The minimum Gasteiger partial charge on any atom is -0.478 e. The normalized spacial score (nSPS) is 12.1. The molecule has 0 aliphatic carbocycles. The highest BCUT2D eigenvalue weighted by atomic mass is 79.9.